The number of rotatable bonds is 5. The normalized spacial score (nSPS) is 15.6. The molecule has 0 bridgehead atoms. The lowest BCUT2D eigenvalue weighted by molar-refractivity contribution is -0.122. The second-order valence-electron chi connectivity index (χ2n) is 8.78. The van der Waals surface area contributed by atoms with Crippen molar-refractivity contribution >= 4 is 28.3 Å². The number of hydrogen-bond donors (Lipinski definition) is 1. The van der Waals surface area contributed by atoms with Crippen molar-refractivity contribution in [1.82, 2.24) is 0 Å². The summed E-state index contributed by atoms with van der Waals surface area (Å²) in [5.74, 6) is 1.07. The van der Waals surface area contributed by atoms with Gasteiger partial charge in [-0.05, 0) is 81.5 Å². The van der Waals surface area contributed by atoms with E-state index in [9.17, 15) is 9.59 Å². The molecule has 0 radical (unpaired) electrons. The number of nitrogens with one attached hydrogen (secondary N) is 1. The highest BCUT2D eigenvalue weighted by Crippen LogP contribution is 2.29. The maximum atomic E-state index is 12.7. The Morgan fingerprint density at radius 1 is 1.12 bits per heavy atom. The summed E-state index contributed by atoms with van der Waals surface area (Å²) >= 11 is 0. The Morgan fingerprint density at radius 2 is 1.81 bits per heavy atom. The molecule has 32 heavy (non-hydrogen) atoms. The first-order chi connectivity index (χ1) is 15.3. The number of piperidine rings is 1. The molecule has 1 fully saturated rings. The van der Waals surface area contributed by atoms with Crippen LogP contribution in [0.15, 0.2) is 51.7 Å². The van der Waals surface area contributed by atoms with E-state index in [-0.39, 0.29) is 5.91 Å². The summed E-state index contributed by atoms with van der Waals surface area (Å²) in [6, 6.07) is 13.1. The average molecular weight is 435 g/mol. The number of hydrogen-bond acceptors (Lipinski definition) is 5. The van der Waals surface area contributed by atoms with E-state index in [1.54, 1.807) is 6.92 Å². The Morgan fingerprint density at radius 3 is 2.50 bits per heavy atom. The van der Waals surface area contributed by atoms with Crippen LogP contribution in [-0.4, -0.2) is 25.1 Å². The van der Waals surface area contributed by atoms with Gasteiger partial charge in [0, 0.05) is 41.5 Å². The van der Waals surface area contributed by atoms with Crippen LogP contribution < -0.4 is 20.6 Å². The predicted molar refractivity (Wildman–Crippen MR) is 128 cm³/mol. The van der Waals surface area contributed by atoms with Gasteiger partial charge in [-0.2, -0.15) is 0 Å². The minimum atomic E-state index is -0.717. The minimum Gasteiger partial charge on any atom is -0.480 e. The number of carbonyl (C=O) groups is 1. The van der Waals surface area contributed by atoms with E-state index in [1.807, 2.05) is 38.1 Å². The standard InChI is InChI=1S/C26H30N2O4/c1-16-11-13-28(14-12-16)21-7-5-20(6-8-21)27-26(30)19(4)31-23-10-9-22-17(2)15-24(29)32-25(22)18(23)3/h5-10,15-16,19H,11-14H2,1-4H3,(H,27,30)/t19-/m1/s1. The molecule has 1 aliphatic rings. The smallest absolute Gasteiger partial charge is 0.336 e. The van der Waals surface area contributed by atoms with Crippen LogP contribution in [-0.2, 0) is 4.79 Å². The minimum absolute atomic E-state index is 0.241. The third-order valence-corrected chi connectivity index (χ3v) is 6.27. The molecule has 1 atom stereocenters. The van der Waals surface area contributed by atoms with Crippen LogP contribution in [0.2, 0.25) is 0 Å². The number of carbonyl (C=O) groups excluding carboxylic acids is 1. The molecule has 6 heteroatoms. The van der Waals surface area contributed by atoms with Gasteiger partial charge < -0.3 is 19.4 Å². The highest BCUT2D eigenvalue weighted by molar-refractivity contribution is 5.94. The largest absolute Gasteiger partial charge is 0.480 e. The van der Waals surface area contributed by atoms with Crippen LogP contribution in [0.4, 0.5) is 11.4 Å². The second-order valence-corrected chi connectivity index (χ2v) is 8.78. The van der Waals surface area contributed by atoms with Crippen molar-refractivity contribution in [3.8, 4) is 5.75 Å². The van der Waals surface area contributed by atoms with Gasteiger partial charge in [0.1, 0.15) is 11.3 Å². The van der Waals surface area contributed by atoms with Crippen molar-refractivity contribution in [3.05, 3.63) is 64.0 Å². The fraction of sp³-hybridized carbons (Fsp3) is 0.385. The Hall–Kier alpha value is -3.28. The molecule has 1 saturated heterocycles. The molecule has 1 aromatic heterocycles. The van der Waals surface area contributed by atoms with E-state index in [1.165, 1.54) is 24.6 Å². The van der Waals surface area contributed by atoms with Gasteiger partial charge in [0.25, 0.3) is 5.91 Å². The van der Waals surface area contributed by atoms with E-state index >= 15 is 0 Å². The summed E-state index contributed by atoms with van der Waals surface area (Å²) in [5, 5.41) is 3.77. The molecule has 1 N–H and O–H groups in total. The van der Waals surface area contributed by atoms with Crippen molar-refractivity contribution in [2.45, 2.75) is 46.6 Å². The average Bonchev–Trinajstić information content (AvgIpc) is 2.77. The molecule has 168 valence electrons. The number of aryl methyl sites for hydroxylation is 2. The van der Waals surface area contributed by atoms with Crippen molar-refractivity contribution < 1.29 is 13.9 Å². The Balaban J connectivity index is 1.42. The SMILES string of the molecule is Cc1cc(=O)oc2c(C)c(O[C@H](C)C(=O)Nc3ccc(N4CCC(C)CC4)cc3)ccc12. The van der Waals surface area contributed by atoms with Crippen LogP contribution in [0, 0.1) is 19.8 Å². The zero-order chi connectivity index (χ0) is 22.8. The molecule has 1 aliphatic heterocycles. The summed E-state index contributed by atoms with van der Waals surface area (Å²) in [4.78, 5) is 26.9. The summed E-state index contributed by atoms with van der Waals surface area (Å²) < 4.78 is 11.3. The number of ether oxygens (including phenoxy) is 1. The zero-order valence-corrected chi connectivity index (χ0v) is 19.1. The maximum Gasteiger partial charge on any atom is 0.336 e. The van der Waals surface area contributed by atoms with Crippen LogP contribution in [0.3, 0.4) is 0 Å². The van der Waals surface area contributed by atoms with Gasteiger partial charge >= 0.3 is 5.63 Å². The fourth-order valence-electron chi connectivity index (χ4n) is 4.14. The van der Waals surface area contributed by atoms with Crippen LogP contribution in [0.5, 0.6) is 5.75 Å². The quantitative estimate of drug-likeness (QED) is 0.569. The molecule has 0 saturated carbocycles. The second kappa shape index (κ2) is 9.07. The monoisotopic (exact) mass is 434 g/mol. The lowest BCUT2D eigenvalue weighted by Gasteiger charge is -2.32. The summed E-state index contributed by atoms with van der Waals surface area (Å²) in [5.41, 5.74) is 3.55. The van der Waals surface area contributed by atoms with Gasteiger partial charge in [-0.15, -0.1) is 0 Å². The topological polar surface area (TPSA) is 71.8 Å². The highest BCUT2D eigenvalue weighted by atomic mass is 16.5. The molecule has 2 aromatic carbocycles. The first-order valence-electron chi connectivity index (χ1n) is 11.2. The molecule has 0 spiro atoms. The third kappa shape index (κ3) is 4.64. The van der Waals surface area contributed by atoms with Crippen molar-refractivity contribution in [3.63, 3.8) is 0 Å². The molecular weight excluding hydrogens is 404 g/mol. The molecular formula is C26H30N2O4. The fourth-order valence-corrected chi connectivity index (χ4v) is 4.14. The van der Waals surface area contributed by atoms with Crippen molar-refractivity contribution in [2.24, 2.45) is 5.92 Å². The molecule has 0 unspecified atom stereocenters. The Bertz CT molecular complexity index is 1170. The number of anilines is 2. The predicted octanol–water partition coefficient (Wildman–Crippen LogP) is 5.05. The van der Waals surface area contributed by atoms with Crippen LogP contribution in [0.1, 0.15) is 37.8 Å². The Labute approximate surface area is 188 Å². The molecule has 3 aromatic rings. The molecule has 0 aliphatic carbocycles. The van der Waals surface area contributed by atoms with E-state index in [4.69, 9.17) is 9.15 Å². The summed E-state index contributed by atoms with van der Waals surface area (Å²) in [6.07, 6.45) is 1.71. The number of benzene rings is 2. The lowest BCUT2D eigenvalue weighted by atomic mass is 9.99. The van der Waals surface area contributed by atoms with Crippen LogP contribution >= 0.6 is 0 Å². The van der Waals surface area contributed by atoms with Gasteiger partial charge in [-0.3, -0.25) is 4.79 Å². The Kier molecular flexibility index (Phi) is 6.21. The number of fused-ring (bicyclic) bond motifs is 1. The van der Waals surface area contributed by atoms with Gasteiger partial charge in [0.2, 0.25) is 0 Å². The van der Waals surface area contributed by atoms with Crippen LogP contribution in [0.25, 0.3) is 11.0 Å². The van der Waals surface area contributed by atoms with E-state index < -0.39 is 11.7 Å². The lowest BCUT2D eigenvalue weighted by Crippen LogP contribution is -2.32. The summed E-state index contributed by atoms with van der Waals surface area (Å²) in [6.45, 7) is 9.84. The van der Waals surface area contributed by atoms with Gasteiger partial charge in [0.15, 0.2) is 6.10 Å². The maximum absolute atomic E-state index is 12.7. The third-order valence-electron chi connectivity index (χ3n) is 6.27. The summed E-state index contributed by atoms with van der Waals surface area (Å²) in [7, 11) is 0. The van der Waals surface area contributed by atoms with E-state index in [0.29, 0.717) is 16.9 Å². The zero-order valence-electron chi connectivity index (χ0n) is 19.1. The molecule has 4 rings (SSSR count). The van der Waals surface area contributed by atoms with Gasteiger partial charge in [-0.1, -0.05) is 6.92 Å². The van der Waals surface area contributed by atoms with Crippen molar-refractivity contribution in [1.29, 1.82) is 0 Å². The molecule has 6 nitrogen and oxygen atoms in total. The van der Waals surface area contributed by atoms with E-state index in [0.717, 1.165) is 35.6 Å². The molecule has 2 heterocycles. The highest BCUT2D eigenvalue weighted by Gasteiger charge is 2.19. The molecule has 1 amide bonds. The number of nitrogens with zero attached hydrogens (tertiary/aromatic N) is 1. The van der Waals surface area contributed by atoms with Crippen molar-refractivity contribution in [2.75, 3.05) is 23.3 Å². The van der Waals surface area contributed by atoms with Gasteiger partial charge in [-0.25, -0.2) is 4.79 Å². The van der Waals surface area contributed by atoms with Gasteiger partial charge in [0.05, 0.1) is 0 Å². The first kappa shape index (κ1) is 21.9. The first-order valence-corrected chi connectivity index (χ1v) is 11.2. The van der Waals surface area contributed by atoms with E-state index in [2.05, 4.69) is 29.3 Å². The number of amides is 1.